The number of aliphatic hydroxyl groups excluding tert-OH is 1. The van der Waals surface area contributed by atoms with Crippen molar-refractivity contribution in [3.8, 4) is 0 Å². The predicted octanol–water partition coefficient (Wildman–Crippen LogP) is 3.38. The maximum atomic E-state index is 15.4. The number of hydrogen-bond donors (Lipinski definition) is 3. The number of amides is 1. The Labute approximate surface area is 229 Å². The molecular formula is C27H31F4N7O2. The van der Waals surface area contributed by atoms with Gasteiger partial charge in [-0.05, 0) is 55.3 Å². The van der Waals surface area contributed by atoms with Crippen LogP contribution in [0.3, 0.4) is 0 Å². The molecule has 0 saturated carbocycles. The minimum Gasteiger partial charge on any atom is -0.391 e. The lowest BCUT2D eigenvalue weighted by Crippen LogP contribution is -2.50. The molecule has 40 heavy (non-hydrogen) atoms. The molecule has 4 N–H and O–H groups in total. The third kappa shape index (κ3) is 6.83. The first kappa shape index (κ1) is 29.2. The summed E-state index contributed by atoms with van der Waals surface area (Å²) in [5.74, 6) is -1.50. The van der Waals surface area contributed by atoms with Crippen LogP contribution in [0.15, 0.2) is 55.1 Å². The summed E-state index contributed by atoms with van der Waals surface area (Å²) < 4.78 is 54.1. The van der Waals surface area contributed by atoms with Gasteiger partial charge in [-0.2, -0.15) is 17.6 Å². The molecule has 1 aliphatic rings. The summed E-state index contributed by atoms with van der Waals surface area (Å²) in [6, 6.07) is 7.42. The van der Waals surface area contributed by atoms with Crippen LogP contribution in [0.4, 0.5) is 29.2 Å². The van der Waals surface area contributed by atoms with E-state index in [2.05, 4.69) is 20.3 Å². The van der Waals surface area contributed by atoms with E-state index in [0.29, 0.717) is 30.6 Å². The molecule has 0 spiro atoms. The van der Waals surface area contributed by atoms with Crippen LogP contribution in [0.5, 0.6) is 0 Å². The number of nitrogens with two attached hydrogens (primary N) is 1. The lowest BCUT2D eigenvalue weighted by molar-refractivity contribution is -0.137. The largest absolute Gasteiger partial charge is 0.416 e. The maximum absolute atomic E-state index is 15.4. The fraction of sp³-hybridized carbons (Fsp3) is 0.407. The molecule has 4 rings (SSSR count). The van der Waals surface area contributed by atoms with Gasteiger partial charge in [0.15, 0.2) is 11.6 Å². The quantitative estimate of drug-likeness (QED) is 0.323. The maximum Gasteiger partial charge on any atom is 0.416 e. The van der Waals surface area contributed by atoms with Crippen LogP contribution < -0.4 is 16.0 Å². The van der Waals surface area contributed by atoms with Crippen LogP contribution in [0.2, 0.25) is 0 Å². The fourth-order valence-corrected chi connectivity index (χ4v) is 4.87. The molecule has 1 amide bonds. The molecule has 13 heteroatoms. The van der Waals surface area contributed by atoms with E-state index in [1.54, 1.807) is 36.4 Å². The molecule has 214 valence electrons. The summed E-state index contributed by atoms with van der Waals surface area (Å²) in [5.41, 5.74) is 6.16. The number of anilines is 2. The highest BCUT2D eigenvalue weighted by Gasteiger charge is 2.35. The summed E-state index contributed by atoms with van der Waals surface area (Å²) in [7, 11) is 0. The minimum atomic E-state index is -4.43. The number of piperidine rings is 1. The Hall–Kier alpha value is -3.84. The first-order valence-corrected chi connectivity index (χ1v) is 12.8. The highest BCUT2D eigenvalue weighted by atomic mass is 19.4. The molecule has 3 aromatic rings. The van der Waals surface area contributed by atoms with Crippen LogP contribution in [0.1, 0.15) is 36.1 Å². The van der Waals surface area contributed by atoms with E-state index >= 15 is 4.39 Å². The second kappa shape index (κ2) is 12.6. The van der Waals surface area contributed by atoms with E-state index in [0.717, 1.165) is 12.1 Å². The number of β-amino-alcohol motifs (C(OH)–C–C–N with tert-alkyl or cyclic N) is 1. The zero-order chi connectivity index (χ0) is 28.9. The van der Waals surface area contributed by atoms with Crippen molar-refractivity contribution in [3.63, 3.8) is 0 Å². The summed E-state index contributed by atoms with van der Waals surface area (Å²) >= 11 is 0. The highest BCUT2D eigenvalue weighted by molar-refractivity contribution is 5.81. The van der Waals surface area contributed by atoms with E-state index in [1.165, 1.54) is 18.5 Å². The molecule has 1 saturated heterocycles. The SMILES string of the molecule is CCN(Cc1ccc(C(F)(F)F)cc1)c1ncnc(NCC2CCN(C(C(N)=O)c3ccncc3)CC2O)c1F. The number of carbonyl (C=O) groups is 1. The van der Waals surface area contributed by atoms with E-state index in [1.807, 2.05) is 4.90 Å². The topological polar surface area (TPSA) is 120 Å². The molecule has 0 bridgehead atoms. The summed E-state index contributed by atoms with van der Waals surface area (Å²) in [4.78, 5) is 27.6. The van der Waals surface area contributed by atoms with Crippen molar-refractivity contribution < 1.29 is 27.5 Å². The average molecular weight is 562 g/mol. The van der Waals surface area contributed by atoms with Crippen molar-refractivity contribution in [2.45, 2.75) is 38.2 Å². The van der Waals surface area contributed by atoms with Gasteiger partial charge in [-0.1, -0.05) is 12.1 Å². The zero-order valence-electron chi connectivity index (χ0n) is 21.9. The normalized spacial score (nSPS) is 18.8. The molecule has 9 nitrogen and oxygen atoms in total. The Balaban J connectivity index is 1.39. The van der Waals surface area contributed by atoms with E-state index in [4.69, 9.17) is 5.73 Å². The summed E-state index contributed by atoms with van der Waals surface area (Å²) in [6.45, 7) is 3.21. The van der Waals surface area contributed by atoms with Gasteiger partial charge < -0.3 is 21.1 Å². The predicted molar refractivity (Wildman–Crippen MR) is 141 cm³/mol. The number of likely N-dealkylation sites (tertiary alicyclic amines) is 1. The number of aliphatic hydroxyl groups is 1. The Kier molecular flexibility index (Phi) is 9.15. The van der Waals surface area contributed by atoms with Gasteiger partial charge in [0.1, 0.15) is 12.4 Å². The van der Waals surface area contributed by atoms with E-state index in [-0.39, 0.29) is 37.2 Å². The van der Waals surface area contributed by atoms with Crippen molar-refractivity contribution in [1.29, 1.82) is 0 Å². The second-order valence-electron chi connectivity index (χ2n) is 9.65. The van der Waals surface area contributed by atoms with Crippen LogP contribution in [0, 0.1) is 11.7 Å². The molecule has 3 heterocycles. The van der Waals surface area contributed by atoms with Crippen LogP contribution in [-0.4, -0.2) is 63.1 Å². The Morgan fingerprint density at radius 1 is 1.20 bits per heavy atom. The Morgan fingerprint density at radius 3 is 2.50 bits per heavy atom. The molecule has 1 aromatic carbocycles. The van der Waals surface area contributed by atoms with Crippen molar-refractivity contribution in [3.05, 3.63) is 77.6 Å². The number of rotatable bonds is 10. The number of alkyl halides is 3. The number of carbonyl (C=O) groups excluding carboxylic acids is 1. The Morgan fingerprint density at radius 2 is 1.90 bits per heavy atom. The molecule has 3 atom stereocenters. The first-order valence-electron chi connectivity index (χ1n) is 12.8. The average Bonchev–Trinajstić information content (AvgIpc) is 2.92. The van der Waals surface area contributed by atoms with Crippen LogP contribution in [0.25, 0.3) is 0 Å². The van der Waals surface area contributed by atoms with Crippen molar-refractivity contribution in [2.75, 3.05) is 36.4 Å². The number of pyridine rings is 1. The monoisotopic (exact) mass is 561 g/mol. The minimum absolute atomic E-state index is 0.0110. The lowest BCUT2D eigenvalue weighted by atomic mass is 9.91. The molecule has 3 unspecified atom stereocenters. The summed E-state index contributed by atoms with van der Waals surface area (Å²) in [5, 5.41) is 13.8. The van der Waals surface area contributed by atoms with E-state index in [9.17, 15) is 23.1 Å². The zero-order valence-corrected chi connectivity index (χ0v) is 21.9. The summed E-state index contributed by atoms with van der Waals surface area (Å²) in [6.07, 6.45) is -0.353. The van der Waals surface area contributed by atoms with Gasteiger partial charge in [0.2, 0.25) is 11.7 Å². The van der Waals surface area contributed by atoms with Gasteiger partial charge in [-0.25, -0.2) is 9.97 Å². The lowest BCUT2D eigenvalue weighted by Gasteiger charge is -2.39. The molecule has 0 radical (unpaired) electrons. The molecule has 1 aliphatic heterocycles. The van der Waals surface area contributed by atoms with Gasteiger partial charge in [0, 0.05) is 44.5 Å². The second-order valence-corrected chi connectivity index (χ2v) is 9.65. The smallest absolute Gasteiger partial charge is 0.391 e. The standard InChI is InChI=1S/C27H31F4N7O2/c1-2-37(14-17-3-5-20(6-4-17)27(29,30)31)26-22(28)25(35-16-36-26)34-13-19-9-12-38(15-21(19)39)23(24(32)40)18-7-10-33-11-8-18/h3-8,10-11,16,19,21,23,39H,2,9,12-15H2,1H3,(H2,32,40)(H,34,35,36). The number of aromatic nitrogens is 3. The molecule has 1 fully saturated rings. The van der Waals surface area contributed by atoms with Gasteiger partial charge in [0.05, 0.1) is 11.7 Å². The molecule has 0 aliphatic carbocycles. The Bertz CT molecular complexity index is 1280. The number of nitrogens with one attached hydrogen (secondary N) is 1. The number of benzene rings is 1. The number of hydrogen-bond acceptors (Lipinski definition) is 8. The van der Waals surface area contributed by atoms with Crippen molar-refractivity contribution >= 4 is 17.5 Å². The first-order chi connectivity index (χ1) is 19.1. The van der Waals surface area contributed by atoms with Crippen molar-refractivity contribution in [2.24, 2.45) is 11.7 Å². The van der Waals surface area contributed by atoms with Crippen LogP contribution >= 0.6 is 0 Å². The van der Waals surface area contributed by atoms with Gasteiger partial charge >= 0.3 is 6.18 Å². The number of halogens is 4. The third-order valence-electron chi connectivity index (χ3n) is 7.05. The molecule has 2 aromatic heterocycles. The van der Waals surface area contributed by atoms with Crippen LogP contribution in [-0.2, 0) is 17.5 Å². The third-order valence-corrected chi connectivity index (χ3v) is 7.05. The fourth-order valence-electron chi connectivity index (χ4n) is 4.87. The van der Waals surface area contributed by atoms with Gasteiger partial charge in [-0.3, -0.25) is 14.7 Å². The number of primary amides is 1. The highest BCUT2D eigenvalue weighted by Crippen LogP contribution is 2.31. The van der Waals surface area contributed by atoms with E-state index < -0.39 is 35.6 Å². The van der Waals surface area contributed by atoms with Gasteiger partial charge in [0.25, 0.3) is 0 Å². The number of nitrogens with zero attached hydrogens (tertiary/aromatic N) is 5. The van der Waals surface area contributed by atoms with Crippen molar-refractivity contribution in [1.82, 2.24) is 19.9 Å². The molecular weight excluding hydrogens is 530 g/mol. The van der Waals surface area contributed by atoms with Gasteiger partial charge in [-0.15, -0.1) is 0 Å².